The second-order valence-corrected chi connectivity index (χ2v) is 10.3. The molecule has 0 aliphatic rings. The molecule has 0 spiro atoms. The summed E-state index contributed by atoms with van der Waals surface area (Å²) in [5.74, 6) is 0.251. The molecular formula is C32H35N3O4. The van der Waals surface area contributed by atoms with Crippen LogP contribution in [-0.2, 0) is 30.7 Å². The van der Waals surface area contributed by atoms with Gasteiger partial charge in [-0.1, -0.05) is 78.9 Å². The van der Waals surface area contributed by atoms with Crippen molar-refractivity contribution in [2.24, 2.45) is 0 Å². The molecule has 0 unspecified atom stereocenters. The molecule has 202 valence electrons. The third-order valence-electron chi connectivity index (χ3n) is 6.69. The highest BCUT2D eigenvalue weighted by molar-refractivity contribution is 5.76. The molecular weight excluding hydrogens is 490 g/mol. The maximum atomic E-state index is 13.4. The summed E-state index contributed by atoms with van der Waals surface area (Å²) in [5, 5.41) is 14.0. The predicted molar refractivity (Wildman–Crippen MR) is 153 cm³/mol. The van der Waals surface area contributed by atoms with E-state index in [1.165, 1.54) is 19.4 Å². The third kappa shape index (κ3) is 7.13. The standard InChI is InChI=1S/C32H35N3O4/c1-5-24-13-15-27(16-14-24)22-35-31(38)34(21-26-11-9-23(2)10-12-26)29(33-35)8-6-7-25-17-19-28(20-18-25)39-32(3,4)30(36)37/h5,9-20H,1,6-8,21-22H2,2-4H3,(H,36,37). The summed E-state index contributed by atoms with van der Waals surface area (Å²) in [6, 6.07) is 23.6. The van der Waals surface area contributed by atoms with Gasteiger partial charge in [0.25, 0.3) is 0 Å². The Labute approximate surface area is 229 Å². The smallest absolute Gasteiger partial charge is 0.347 e. The second kappa shape index (κ2) is 12.0. The highest BCUT2D eigenvalue weighted by Gasteiger charge is 2.29. The Morgan fingerprint density at radius 3 is 2.13 bits per heavy atom. The Kier molecular flexibility index (Phi) is 8.49. The second-order valence-electron chi connectivity index (χ2n) is 10.3. The Morgan fingerprint density at radius 2 is 1.51 bits per heavy atom. The zero-order valence-corrected chi connectivity index (χ0v) is 22.8. The third-order valence-corrected chi connectivity index (χ3v) is 6.69. The van der Waals surface area contributed by atoms with Crippen LogP contribution in [0.3, 0.4) is 0 Å². The van der Waals surface area contributed by atoms with E-state index in [1.807, 2.05) is 55.5 Å². The van der Waals surface area contributed by atoms with Crippen LogP contribution in [0.4, 0.5) is 0 Å². The Hall–Kier alpha value is -4.39. The molecule has 1 aromatic heterocycles. The first kappa shape index (κ1) is 27.6. The average molecular weight is 526 g/mol. The van der Waals surface area contributed by atoms with E-state index in [4.69, 9.17) is 9.84 Å². The number of aryl methyl sites for hydroxylation is 3. The van der Waals surface area contributed by atoms with E-state index in [0.29, 0.717) is 25.3 Å². The first-order valence-corrected chi connectivity index (χ1v) is 13.1. The largest absolute Gasteiger partial charge is 0.478 e. The van der Waals surface area contributed by atoms with E-state index in [9.17, 15) is 14.7 Å². The van der Waals surface area contributed by atoms with Crippen molar-refractivity contribution in [1.82, 2.24) is 14.3 Å². The number of carboxylic acids is 1. The quantitative estimate of drug-likeness (QED) is 0.264. The lowest BCUT2D eigenvalue weighted by Gasteiger charge is -2.21. The number of nitrogens with zero attached hydrogens (tertiary/aromatic N) is 3. The van der Waals surface area contributed by atoms with E-state index in [0.717, 1.165) is 40.9 Å². The molecule has 0 atom stereocenters. The van der Waals surface area contributed by atoms with Gasteiger partial charge in [-0.3, -0.25) is 4.57 Å². The van der Waals surface area contributed by atoms with Gasteiger partial charge in [-0.05, 0) is 68.0 Å². The molecule has 0 fully saturated rings. The fraction of sp³-hybridized carbons (Fsp3) is 0.281. The first-order chi connectivity index (χ1) is 18.6. The van der Waals surface area contributed by atoms with Crippen molar-refractivity contribution in [3.05, 3.63) is 124 Å². The van der Waals surface area contributed by atoms with Gasteiger partial charge < -0.3 is 9.84 Å². The van der Waals surface area contributed by atoms with Crippen molar-refractivity contribution in [3.63, 3.8) is 0 Å². The van der Waals surface area contributed by atoms with E-state index >= 15 is 0 Å². The van der Waals surface area contributed by atoms with Crippen molar-refractivity contribution < 1.29 is 14.6 Å². The van der Waals surface area contributed by atoms with E-state index in [2.05, 4.69) is 18.7 Å². The van der Waals surface area contributed by atoms with Crippen LogP contribution in [0.2, 0.25) is 0 Å². The fourth-order valence-electron chi connectivity index (χ4n) is 4.25. The fourth-order valence-corrected chi connectivity index (χ4v) is 4.25. The summed E-state index contributed by atoms with van der Waals surface area (Å²) < 4.78 is 8.91. The predicted octanol–water partition coefficient (Wildman–Crippen LogP) is 5.51. The molecule has 0 aliphatic carbocycles. The van der Waals surface area contributed by atoms with E-state index in [-0.39, 0.29) is 5.69 Å². The van der Waals surface area contributed by atoms with Crippen molar-refractivity contribution in [1.29, 1.82) is 0 Å². The van der Waals surface area contributed by atoms with Crippen LogP contribution in [0.25, 0.3) is 6.08 Å². The maximum absolute atomic E-state index is 13.4. The lowest BCUT2D eigenvalue weighted by molar-refractivity contribution is -0.152. The summed E-state index contributed by atoms with van der Waals surface area (Å²) in [5.41, 5.74) is 3.94. The summed E-state index contributed by atoms with van der Waals surface area (Å²) in [6.45, 7) is 9.75. The van der Waals surface area contributed by atoms with Gasteiger partial charge in [0.05, 0.1) is 13.1 Å². The number of rotatable bonds is 12. The molecule has 4 aromatic rings. The lowest BCUT2D eigenvalue weighted by atomic mass is 10.1. The highest BCUT2D eigenvalue weighted by atomic mass is 16.5. The van der Waals surface area contributed by atoms with E-state index in [1.54, 1.807) is 27.5 Å². The topological polar surface area (TPSA) is 86.3 Å². The van der Waals surface area contributed by atoms with Gasteiger partial charge in [0.1, 0.15) is 11.6 Å². The summed E-state index contributed by atoms with van der Waals surface area (Å²) >= 11 is 0. The molecule has 1 heterocycles. The SMILES string of the molecule is C=Cc1ccc(Cn2nc(CCCc3ccc(OC(C)(C)C(=O)O)cc3)n(Cc3ccc(C)cc3)c2=O)cc1. The summed E-state index contributed by atoms with van der Waals surface area (Å²) in [6.07, 6.45) is 4.03. The average Bonchev–Trinajstić information content (AvgIpc) is 3.20. The van der Waals surface area contributed by atoms with Crippen LogP contribution >= 0.6 is 0 Å². The number of aliphatic carboxylic acids is 1. The van der Waals surface area contributed by atoms with Gasteiger partial charge in [0, 0.05) is 6.42 Å². The van der Waals surface area contributed by atoms with Crippen LogP contribution in [0, 0.1) is 6.92 Å². The molecule has 7 heteroatoms. The van der Waals surface area contributed by atoms with Gasteiger partial charge in [-0.2, -0.15) is 5.10 Å². The number of aromatic nitrogens is 3. The highest BCUT2D eigenvalue weighted by Crippen LogP contribution is 2.20. The zero-order valence-electron chi connectivity index (χ0n) is 22.8. The maximum Gasteiger partial charge on any atom is 0.347 e. The normalized spacial score (nSPS) is 11.4. The summed E-state index contributed by atoms with van der Waals surface area (Å²) in [7, 11) is 0. The van der Waals surface area contributed by atoms with Crippen molar-refractivity contribution in [2.75, 3.05) is 0 Å². The molecule has 3 aromatic carbocycles. The molecule has 4 rings (SSSR count). The molecule has 39 heavy (non-hydrogen) atoms. The summed E-state index contributed by atoms with van der Waals surface area (Å²) in [4.78, 5) is 24.7. The number of ether oxygens (including phenoxy) is 1. The first-order valence-electron chi connectivity index (χ1n) is 13.1. The van der Waals surface area contributed by atoms with Crippen LogP contribution in [0.1, 0.15) is 53.9 Å². The minimum atomic E-state index is -1.30. The number of benzene rings is 3. The lowest BCUT2D eigenvalue weighted by Crippen LogP contribution is -2.37. The van der Waals surface area contributed by atoms with Crippen LogP contribution in [0.5, 0.6) is 5.75 Å². The number of hydrogen-bond acceptors (Lipinski definition) is 4. The van der Waals surface area contributed by atoms with Gasteiger partial charge in [-0.25, -0.2) is 14.3 Å². The Bertz CT molecular complexity index is 1480. The molecule has 0 saturated heterocycles. The van der Waals surface area contributed by atoms with Crippen LogP contribution < -0.4 is 10.4 Å². The molecule has 7 nitrogen and oxygen atoms in total. The van der Waals surface area contributed by atoms with Gasteiger partial charge >= 0.3 is 11.7 Å². The molecule has 1 N–H and O–H groups in total. The van der Waals surface area contributed by atoms with Crippen molar-refractivity contribution in [2.45, 2.75) is 58.7 Å². The van der Waals surface area contributed by atoms with Crippen LogP contribution in [0.15, 0.2) is 84.2 Å². The molecule has 0 aliphatic heterocycles. The van der Waals surface area contributed by atoms with E-state index < -0.39 is 11.6 Å². The molecule has 0 saturated carbocycles. The number of carboxylic acid groups (broad SMARTS) is 1. The molecule has 0 bridgehead atoms. The number of hydrogen-bond donors (Lipinski definition) is 1. The van der Waals surface area contributed by atoms with Crippen LogP contribution in [-0.4, -0.2) is 31.0 Å². The number of carbonyl (C=O) groups is 1. The zero-order chi connectivity index (χ0) is 28.0. The Balaban J connectivity index is 1.49. The molecule has 0 radical (unpaired) electrons. The minimum absolute atomic E-state index is 0.124. The monoisotopic (exact) mass is 525 g/mol. The van der Waals surface area contributed by atoms with Gasteiger partial charge in [0.2, 0.25) is 0 Å². The van der Waals surface area contributed by atoms with Crippen molar-refractivity contribution >= 4 is 12.0 Å². The Morgan fingerprint density at radius 1 is 0.923 bits per heavy atom. The minimum Gasteiger partial charge on any atom is -0.478 e. The molecule has 0 amide bonds. The van der Waals surface area contributed by atoms with Gasteiger partial charge in [-0.15, -0.1) is 0 Å². The van der Waals surface area contributed by atoms with Crippen molar-refractivity contribution in [3.8, 4) is 5.75 Å². The van der Waals surface area contributed by atoms with Gasteiger partial charge in [0.15, 0.2) is 5.60 Å².